The molecule has 0 saturated carbocycles. The van der Waals surface area contributed by atoms with Crippen LogP contribution < -0.4 is 24.8 Å². The van der Waals surface area contributed by atoms with Gasteiger partial charge in [0, 0.05) is 25.0 Å². The van der Waals surface area contributed by atoms with E-state index < -0.39 is 0 Å². The van der Waals surface area contributed by atoms with E-state index >= 15 is 0 Å². The molecule has 0 aliphatic carbocycles. The van der Waals surface area contributed by atoms with Crippen molar-refractivity contribution in [2.24, 2.45) is 0 Å². The summed E-state index contributed by atoms with van der Waals surface area (Å²) < 4.78 is 16.0. The Kier molecular flexibility index (Phi) is 4.90. The van der Waals surface area contributed by atoms with Gasteiger partial charge in [0.2, 0.25) is 11.7 Å². The minimum absolute atomic E-state index is 0.0661. The van der Waals surface area contributed by atoms with Crippen LogP contribution in [0.4, 0.5) is 0 Å². The summed E-state index contributed by atoms with van der Waals surface area (Å²) in [6.45, 7) is 2.71. The van der Waals surface area contributed by atoms with E-state index in [9.17, 15) is 4.79 Å². The van der Waals surface area contributed by atoms with Crippen LogP contribution in [0.25, 0.3) is 0 Å². The number of hydrogen-bond acceptors (Lipinski definition) is 5. The van der Waals surface area contributed by atoms with Gasteiger partial charge in [0.1, 0.15) is 0 Å². The van der Waals surface area contributed by atoms with Crippen molar-refractivity contribution in [3.05, 3.63) is 17.7 Å². The highest BCUT2D eigenvalue weighted by molar-refractivity contribution is 5.78. The first-order chi connectivity index (χ1) is 10.1. The zero-order valence-corrected chi connectivity index (χ0v) is 12.9. The van der Waals surface area contributed by atoms with Crippen LogP contribution in [-0.2, 0) is 4.79 Å². The van der Waals surface area contributed by atoms with Gasteiger partial charge in [0.05, 0.1) is 21.3 Å². The molecule has 21 heavy (non-hydrogen) atoms. The van der Waals surface area contributed by atoms with Gasteiger partial charge in [-0.2, -0.15) is 0 Å². The lowest BCUT2D eigenvalue weighted by atomic mass is 10.1. The first-order valence-electron chi connectivity index (χ1n) is 6.91. The van der Waals surface area contributed by atoms with Crippen LogP contribution >= 0.6 is 0 Å². The number of carbonyl (C=O) groups is 1. The third-order valence-electron chi connectivity index (χ3n) is 3.65. The highest BCUT2D eigenvalue weighted by atomic mass is 16.5. The molecule has 2 N–H and O–H groups in total. The van der Waals surface area contributed by atoms with Crippen LogP contribution in [0.2, 0.25) is 0 Å². The molecule has 1 aliphatic heterocycles. The molecule has 0 bridgehead atoms. The Morgan fingerprint density at radius 2 is 1.81 bits per heavy atom. The standard InChI is InChI=1S/C15H22N2O4/c1-9(17-11-7-14(18)16-8-11)10-5-12(19-2)15(21-4)13(6-10)20-3/h5-6,9,11,17H,7-8H2,1-4H3,(H,16,18). The molecule has 1 aliphatic rings. The molecule has 1 aromatic rings. The first kappa shape index (κ1) is 15.4. The van der Waals surface area contributed by atoms with Gasteiger partial charge in [-0.1, -0.05) is 0 Å². The SMILES string of the molecule is COc1cc(C(C)NC2CNC(=O)C2)cc(OC)c1OC. The second-order valence-corrected chi connectivity index (χ2v) is 5.05. The molecule has 116 valence electrons. The fourth-order valence-corrected chi connectivity index (χ4v) is 2.52. The average Bonchev–Trinajstić information content (AvgIpc) is 2.90. The van der Waals surface area contributed by atoms with Gasteiger partial charge in [-0.05, 0) is 24.6 Å². The monoisotopic (exact) mass is 294 g/mol. The molecule has 1 heterocycles. The molecule has 1 saturated heterocycles. The first-order valence-corrected chi connectivity index (χ1v) is 6.91. The van der Waals surface area contributed by atoms with E-state index in [1.54, 1.807) is 21.3 Å². The summed E-state index contributed by atoms with van der Waals surface area (Å²) in [5.74, 6) is 1.92. The third-order valence-corrected chi connectivity index (χ3v) is 3.65. The number of methoxy groups -OCH3 is 3. The minimum atomic E-state index is 0.0661. The van der Waals surface area contributed by atoms with Crippen molar-refractivity contribution in [1.29, 1.82) is 0 Å². The van der Waals surface area contributed by atoms with Gasteiger partial charge in [0.15, 0.2) is 11.5 Å². The van der Waals surface area contributed by atoms with Crippen LogP contribution in [0.15, 0.2) is 12.1 Å². The van der Waals surface area contributed by atoms with Crippen LogP contribution in [0, 0.1) is 0 Å². The van der Waals surface area contributed by atoms with Gasteiger partial charge in [-0.25, -0.2) is 0 Å². The molecule has 0 aromatic heterocycles. The van der Waals surface area contributed by atoms with Gasteiger partial charge in [-0.15, -0.1) is 0 Å². The van der Waals surface area contributed by atoms with Crippen molar-refractivity contribution < 1.29 is 19.0 Å². The maximum Gasteiger partial charge on any atom is 0.221 e. The largest absolute Gasteiger partial charge is 0.493 e. The Labute approximate surface area is 124 Å². The van der Waals surface area contributed by atoms with E-state index in [1.165, 1.54) is 0 Å². The predicted octanol–water partition coefficient (Wildman–Crippen LogP) is 1.25. The second-order valence-electron chi connectivity index (χ2n) is 5.05. The highest BCUT2D eigenvalue weighted by Gasteiger charge is 2.24. The highest BCUT2D eigenvalue weighted by Crippen LogP contribution is 2.39. The van der Waals surface area contributed by atoms with E-state index in [0.29, 0.717) is 30.2 Å². The van der Waals surface area contributed by atoms with E-state index in [-0.39, 0.29) is 18.0 Å². The Morgan fingerprint density at radius 1 is 1.19 bits per heavy atom. The van der Waals surface area contributed by atoms with E-state index in [0.717, 1.165) is 5.56 Å². The summed E-state index contributed by atoms with van der Waals surface area (Å²) in [5, 5.41) is 6.25. The number of ether oxygens (including phenoxy) is 3. The van der Waals surface area contributed by atoms with E-state index in [4.69, 9.17) is 14.2 Å². The molecule has 2 unspecified atom stereocenters. The Morgan fingerprint density at radius 3 is 2.24 bits per heavy atom. The quantitative estimate of drug-likeness (QED) is 0.826. The number of carbonyl (C=O) groups excluding carboxylic acids is 1. The molecule has 2 rings (SSSR count). The third kappa shape index (κ3) is 3.39. The topological polar surface area (TPSA) is 68.8 Å². The summed E-state index contributed by atoms with van der Waals surface area (Å²) in [7, 11) is 4.77. The van der Waals surface area contributed by atoms with Crippen LogP contribution in [0.1, 0.15) is 24.9 Å². The molecule has 1 aromatic carbocycles. The normalized spacial score (nSPS) is 19.0. The number of amides is 1. The van der Waals surface area contributed by atoms with Crippen LogP contribution in [0.5, 0.6) is 17.2 Å². The maximum atomic E-state index is 11.2. The van der Waals surface area contributed by atoms with Crippen molar-refractivity contribution in [3.63, 3.8) is 0 Å². The fourth-order valence-electron chi connectivity index (χ4n) is 2.52. The molecule has 1 amide bonds. The molecular formula is C15H22N2O4. The van der Waals surface area contributed by atoms with Crippen LogP contribution in [-0.4, -0.2) is 39.8 Å². The molecule has 0 radical (unpaired) electrons. The lowest BCUT2D eigenvalue weighted by Gasteiger charge is -2.21. The van der Waals surface area contributed by atoms with Crippen molar-refractivity contribution in [2.75, 3.05) is 27.9 Å². The Bertz CT molecular complexity index is 493. The van der Waals surface area contributed by atoms with Gasteiger partial charge >= 0.3 is 0 Å². The number of nitrogens with one attached hydrogen (secondary N) is 2. The van der Waals surface area contributed by atoms with Crippen LogP contribution in [0.3, 0.4) is 0 Å². The zero-order valence-electron chi connectivity index (χ0n) is 12.9. The van der Waals surface area contributed by atoms with Crippen molar-refractivity contribution in [2.45, 2.75) is 25.4 Å². The maximum absolute atomic E-state index is 11.2. The summed E-state index contributed by atoms with van der Waals surface area (Å²) in [6.07, 6.45) is 0.509. The summed E-state index contributed by atoms with van der Waals surface area (Å²) in [6, 6.07) is 4.05. The van der Waals surface area contributed by atoms with E-state index in [2.05, 4.69) is 10.6 Å². The fraction of sp³-hybridized carbons (Fsp3) is 0.533. The average molecular weight is 294 g/mol. The van der Waals surface area contributed by atoms with Gasteiger partial charge < -0.3 is 24.8 Å². The number of hydrogen-bond donors (Lipinski definition) is 2. The lowest BCUT2D eigenvalue weighted by Crippen LogP contribution is -2.33. The molecule has 6 heteroatoms. The molecule has 2 atom stereocenters. The molecule has 0 spiro atoms. The molecular weight excluding hydrogens is 272 g/mol. The minimum Gasteiger partial charge on any atom is -0.493 e. The van der Waals surface area contributed by atoms with Crippen molar-refractivity contribution in [1.82, 2.24) is 10.6 Å². The number of rotatable bonds is 6. The second kappa shape index (κ2) is 6.67. The van der Waals surface area contributed by atoms with E-state index in [1.807, 2.05) is 19.1 Å². The molecule has 1 fully saturated rings. The zero-order chi connectivity index (χ0) is 15.4. The predicted molar refractivity (Wildman–Crippen MR) is 79.1 cm³/mol. The molecule has 6 nitrogen and oxygen atoms in total. The van der Waals surface area contributed by atoms with Crippen molar-refractivity contribution in [3.8, 4) is 17.2 Å². The Hall–Kier alpha value is -1.95. The lowest BCUT2D eigenvalue weighted by molar-refractivity contribution is -0.119. The van der Waals surface area contributed by atoms with Gasteiger partial charge in [-0.3, -0.25) is 4.79 Å². The van der Waals surface area contributed by atoms with Crippen molar-refractivity contribution >= 4 is 5.91 Å². The number of benzene rings is 1. The smallest absolute Gasteiger partial charge is 0.221 e. The summed E-state index contributed by atoms with van der Waals surface area (Å²) in [4.78, 5) is 11.2. The summed E-state index contributed by atoms with van der Waals surface area (Å²) >= 11 is 0. The summed E-state index contributed by atoms with van der Waals surface area (Å²) in [5.41, 5.74) is 1.02. The van der Waals surface area contributed by atoms with Gasteiger partial charge in [0.25, 0.3) is 0 Å². The Balaban J connectivity index is 2.20.